The summed E-state index contributed by atoms with van der Waals surface area (Å²) in [5.74, 6) is 8.17. The van der Waals surface area contributed by atoms with Gasteiger partial charge in [0.25, 0.3) is 0 Å². The summed E-state index contributed by atoms with van der Waals surface area (Å²) in [5.41, 5.74) is 3.00. The summed E-state index contributed by atoms with van der Waals surface area (Å²) in [7, 11) is 1.66. The molecule has 0 unspecified atom stereocenters. The van der Waals surface area contributed by atoms with Gasteiger partial charge in [-0.05, 0) is 65.1 Å². The number of para-hydroxylation sites is 1. The van der Waals surface area contributed by atoms with Gasteiger partial charge >= 0.3 is 0 Å². The molecule has 0 radical (unpaired) electrons. The first-order chi connectivity index (χ1) is 12.3. The summed E-state index contributed by atoms with van der Waals surface area (Å²) in [4.78, 5) is 0. The first-order valence-electron chi connectivity index (χ1n) is 7.87. The number of hydrogen-bond donors (Lipinski definition) is 0. The second-order valence-electron chi connectivity index (χ2n) is 5.35. The van der Waals surface area contributed by atoms with Crippen molar-refractivity contribution in [3.63, 3.8) is 0 Å². The number of halogens is 1. The van der Waals surface area contributed by atoms with Crippen LogP contribution in [-0.2, 0) is 6.61 Å². The van der Waals surface area contributed by atoms with E-state index in [9.17, 15) is 0 Å². The first kappa shape index (κ1) is 17.4. The fraction of sp³-hybridized carbons (Fsp3) is 0.0909. The largest absolute Gasteiger partial charge is 0.497 e. The van der Waals surface area contributed by atoms with Crippen molar-refractivity contribution in [2.45, 2.75) is 6.61 Å². The minimum absolute atomic E-state index is 0.494. The molecule has 0 aromatic heterocycles. The topological polar surface area (TPSA) is 18.5 Å². The van der Waals surface area contributed by atoms with Gasteiger partial charge in [-0.15, -0.1) is 0 Å². The molecule has 0 bridgehead atoms. The quantitative estimate of drug-likeness (QED) is 0.406. The molecule has 0 aliphatic rings. The maximum Gasteiger partial charge on any atom is 0.133 e. The molecule has 3 heteroatoms. The second-order valence-corrected chi connectivity index (χ2v) is 6.52. The van der Waals surface area contributed by atoms with E-state index in [0.717, 1.165) is 31.8 Å². The monoisotopic (exact) mass is 440 g/mol. The second kappa shape index (κ2) is 8.59. The van der Waals surface area contributed by atoms with Crippen LogP contribution in [0.2, 0.25) is 0 Å². The lowest BCUT2D eigenvalue weighted by Crippen LogP contribution is -1.99. The zero-order valence-electron chi connectivity index (χ0n) is 13.8. The van der Waals surface area contributed by atoms with E-state index in [2.05, 4.69) is 34.4 Å². The Bertz CT molecular complexity index is 905. The van der Waals surface area contributed by atoms with Gasteiger partial charge in [-0.25, -0.2) is 0 Å². The zero-order chi connectivity index (χ0) is 17.5. The highest BCUT2D eigenvalue weighted by molar-refractivity contribution is 14.1. The van der Waals surface area contributed by atoms with E-state index in [0.29, 0.717) is 6.61 Å². The normalized spacial score (nSPS) is 9.84. The molecule has 0 aliphatic heterocycles. The minimum atomic E-state index is 0.494. The van der Waals surface area contributed by atoms with Crippen LogP contribution < -0.4 is 9.47 Å². The third-order valence-electron chi connectivity index (χ3n) is 3.67. The van der Waals surface area contributed by atoms with E-state index >= 15 is 0 Å². The molecule has 124 valence electrons. The highest BCUT2D eigenvalue weighted by Gasteiger charge is 2.03. The molecule has 25 heavy (non-hydrogen) atoms. The third-order valence-corrected chi connectivity index (χ3v) is 4.56. The maximum atomic E-state index is 5.95. The van der Waals surface area contributed by atoms with Gasteiger partial charge in [-0.1, -0.05) is 42.2 Å². The Labute approximate surface area is 161 Å². The van der Waals surface area contributed by atoms with Crippen LogP contribution >= 0.6 is 22.6 Å². The fourth-order valence-electron chi connectivity index (χ4n) is 2.30. The van der Waals surface area contributed by atoms with Crippen LogP contribution in [0.15, 0.2) is 72.8 Å². The Kier molecular flexibility index (Phi) is 5.97. The lowest BCUT2D eigenvalue weighted by atomic mass is 10.1. The summed E-state index contributed by atoms with van der Waals surface area (Å²) in [6.07, 6.45) is 0. The molecule has 3 aromatic carbocycles. The van der Waals surface area contributed by atoms with E-state index in [-0.39, 0.29) is 0 Å². The minimum Gasteiger partial charge on any atom is -0.497 e. The zero-order valence-corrected chi connectivity index (χ0v) is 16.0. The molecule has 0 atom stereocenters. The lowest BCUT2D eigenvalue weighted by Gasteiger charge is -2.09. The van der Waals surface area contributed by atoms with Crippen molar-refractivity contribution in [1.82, 2.24) is 0 Å². The molecule has 0 aliphatic carbocycles. The van der Waals surface area contributed by atoms with E-state index in [1.165, 1.54) is 0 Å². The van der Waals surface area contributed by atoms with Crippen LogP contribution in [0.5, 0.6) is 11.5 Å². The maximum absolute atomic E-state index is 5.95. The van der Waals surface area contributed by atoms with Crippen molar-refractivity contribution in [3.8, 4) is 23.3 Å². The van der Waals surface area contributed by atoms with Gasteiger partial charge in [-0.3, -0.25) is 0 Å². The Morgan fingerprint density at radius 2 is 1.56 bits per heavy atom. The van der Waals surface area contributed by atoms with Gasteiger partial charge in [0.05, 0.1) is 10.7 Å². The molecule has 2 nitrogen and oxygen atoms in total. The molecule has 0 amide bonds. The molecule has 0 saturated heterocycles. The number of benzene rings is 3. The van der Waals surface area contributed by atoms with Crippen LogP contribution in [0.4, 0.5) is 0 Å². The van der Waals surface area contributed by atoms with Gasteiger partial charge in [0.1, 0.15) is 18.1 Å². The average molecular weight is 440 g/mol. The predicted molar refractivity (Wildman–Crippen MR) is 109 cm³/mol. The molecule has 0 fully saturated rings. The predicted octanol–water partition coefficient (Wildman–Crippen LogP) is 5.28. The number of rotatable bonds is 4. The standard InChI is InChI=1S/C22H17IO2/c1-24-20-14-11-17(12-15-20)10-13-18-6-2-3-7-19(18)16-25-22-9-5-4-8-21(22)23/h2-9,11-12,14-15H,16H2,1H3. The summed E-state index contributed by atoms with van der Waals surface area (Å²) >= 11 is 2.28. The van der Waals surface area contributed by atoms with Crippen LogP contribution in [0.3, 0.4) is 0 Å². The lowest BCUT2D eigenvalue weighted by molar-refractivity contribution is 0.303. The summed E-state index contributed by atoms with van der Waals surface area (Å²) in [6.45, 7) is 0.494. The molecule has 0 saturated carbocycles. The van der Waals surface area contributed by atoms with Gasteiger partial charge in [0.15, 0.2) is 0 Å². The number of methoxy groups -OCH3 is 1. The van der Waals surface area contributed by atoms with Gasteiger partial charge in [0.2, 0.25) is 0 Å². The van der Waals surface area contributed by atoms with Gasteiger partial charge in [0, 0.05) is 16.7 Å². The molecule has 0 heterocycles. The molecule has 0 spiro atoms. The summed E-state index contributed by atoms with van der Waals surface area (Å²) < 4.78 is 12.2. The first-order valence-corrected chi connectivity index (χ1v) is 8.95. The van der Waals surface area contributed by atoms with E-state index < -0.39 is 0 Å². The van der Waals surface area contributed by atoms with Crippen molar-refractivity contribution in [1.29, 1.82) is 0 Å². The molecular formula is C22H17IO2. The van der Waals surface area contributed by atoms with Crippen molar-refractivity contribution < 1.29 is 9.47 Å². The Morgan fingerprint density at radius 1 is 0.840 bits per heavy atom. The van der Waals surface area contributed by atoms with Crippen molar-refractivity contribution in [3.05, 3.63) is 93.1 Å². The number of ether oxygens (including phenoxy) is 2. The smallest absolute Gasteiger partial charge is 0.133 e. The highest BCUT2D eigenvalue weighted by atomic mass is 127. The van der Waals surface area contributed by atoms with Crippen molar-refractivity contribution in [2.24, 2.45) is 0 Å². The molecular weight excluding hydrogens is 423 g/mol. The number of hydrogen-bond acceptors (Lipinski definition) is 2. The average Bonchev–Trinajstić information content (AvgIpc) is 2.67. The van der Waals surface area contributed by atoms with Gasteiger partial charge < -0.3 is 9.47 Å². The third kappa shape index (κ3) is 4.77. The molecule has 3 aromatic rings. The SMILES string of the molecule is COc1ccc(C#Cc2ccccc2COc2ccccc2I)cc1. The van der Waals surface area contributed by atoms with E-state index in [4.69, 9.17) is 9.47 Å². The van der Waals surface area contributed by atoms with E-state index in [1.54, 1.807) is 7.11 Å². The van der Waals surface area contributed by atoms with Crippen molar-refractivity contribution in [2.75, 3.05) is 7.11 Å². The Hall–Kier alpha value is -2.45. The fourth-order valence-corrected chi connectivity index (χ4v) is 2.84. The van der Waals surface area contributed by atoms with Gasteiger partial charge in [-0.2, -0.15) is 0 Å². The van der Waals surface area contributed by atoms with Crippen LogP contribution in [0.25, 0.3) is 0 Å². The Morgan fingerprint density at radius 3 is 2.32 bits per heavy atom. The van der Waals surface area contributed by atoms with Crippen LogP contribution in [0, 0.1) is 15.4 Å². The van der Waals surface area contributed by atoms with Crippen LogP contribution in [0.1, 0.15) is 16.7 Å². The summed E-state index contributed by atoms with van der Waals surface area (Å²) in [5, 5.41) is 0. The van der Waals surface area contributed by atoms with Crippen LogP contribution in [-0.4, -0.2) is 7.11 Å². The van der Waals surface area contributed by atoms with Crippen molar-refractivity contribution >= 4 is 22.6 Å². The molecule has 3 rings (SSSR count). The van der Waals surface area contributed by atoms with E-state index in [1.807, 2.05) is 72.8 Å². The molecule has 0 N–H and O–H groups in total. The summed E-state index contributed by atoms with van der Waals surface area (Å²) in [6, 6.07) is 23.8. The highest BCUT2D eigenvalue weighted by Crippen LogP contribution is 2.21. The Balaban J connectivity index is 1.77.